The van der Waals surface area contributed by atoms with Crippen LogP contribution in [0, 0.1) is 0 Å². The number of carbonyl (C=O) groups is 1. The zero-order valence-corrected chi connectivity index (χ0v) is 12.5. The average Bonchev–Trinajstić information content (AvgIpc) is 3.31. The average molecular weight is 315 g/mol. The molecule has 120 valence electrons. The van der Waals surface area contributed by atoms with Crippen LogP contribution >= 0.6 is 0 Å². The van der Waals surface area contributed by atoms with Gasteiger partial charge in [0.25, 0.3) is 5.91 Å². The number of likely N-dealkylation sites (tertiary alicyclic amines) is 1. The van der Waals surface area contributed by atoms with E-state index in [-0.39, 0.29) is 17.6 Å². The molecule has 2 aromatic rings. The molecular weight excluding hydrogens is 298 g/mol. The minimum absolute atomic E-state index is 0.0428. The van der Waals surface area contributed by atoms with E-state index in [1.54, 1.807) is 35.6 Å². The number of carbonyl (C=O) groups excluding carboxylic acids is 1. The predicted octanol–water partition coefficient (Wildman–Crippen LogP) is 0.652. The Morgan fingerprint density at radius 3 is 3.04 bits per heavy atom. The third-order valence-electron chi connectivity index (χ3n) is 4.32. The van der Waals surface area contributed by atoms with Crippen LogP contribution in [-0.4, -0.2) is 62.4 Å². The molecule has 8 nitrogen and oxygen atoms in total. The second-order valence-corrected chi connectivity index (χ2v) is 5.92. The molecule has 4 rings (SSSR count). The van der Waals surface area contributed by atoms with E-state index >= 15 is 0 Å². The number of aromatic amines is 1. The fraction of sp³-hybridized carbons (Fsp3) is 0.467. The molecule has 2 unspecified atom stereocenters. The number of nitrogens with one attached hydrogen (secondary N) is 1. The van der Waals surface area contributed by atoms with Gasteiger partial charge in [-0.15, -0.1) is 0 Å². The van der Waals surface area contributed by atoms with E-state index in [1.807, 2.05) is 0 Å². The lowest BCUT2D eigenvalue weighted by atomic mass is 9.98. The number of rotatable bonds is 3. The lowest BCUT2D eigenvalue weighted by molar-refractivity contribution is 0.00967. The molecule has 0 aliphatic carbocycles. The Balaban J connectivity index is 1.38. The van der Waals surface area contributed by atoms with Crippen molar-refractivity contribution in [2.45, 2.75) is 24.5 Å². The van der Waals surface area contributed by atoms with Crippen LogP contribution in [-0.2, 0) is 4.74 Å². The highest BCUT2D eigenvalue weighted by Crippen LogP contribution is 2.36. The first-order valence-electron chi connectivity index (χ1n) is 7.60. The van der Waals surface area contributed by atoms with E-state index in [1.165, 1.54) is 0 Å². The number of ether oxygens (including phenoxy) is 2. The zero-order valence-electron chi connectivity index (χ0n) is 12.5. The van der Waals surface area contributed by atoms with Gasteiger partial charge in [0.2, 0.25) is 0 Å². The highest BCUT2D eigenvalue weighted by molar-refractivity contribution is 5.92. The third-order valence-corrected chi connectivity index (χ3v) is 4.32. The van der Waals surface area contributed by atoms with Gasteiger partial charge in [0, 0.05) is 31.6 Å². The molecule has 2 atom stereocenters. The number of hydrogen-bond donors (Lipinski definition) is 1. The van der Waals surface area contributed by atoms with Gasteiger partial charge in [-0.2, -0.15) is 5.10 Å². The second kappa shape index (κ2) is 5.62. The summed E-state index contributed by atoms with van der Waals surface area (Å²) in [5, 5.41) is 6.54. The summed E-state index contributed by atoms with van der Waals surface area (Å²) in [7, 11) is 0. The summed E-state index contributed by atoms with van der Waals surface area (Å²) in [5.74, 6) is -0.0428. The van der Waals surface area contributed by atoms with Crippen molar-refractivity contribution in [3.8, 4) is 6.01 Å². The SMILES string of the molecule is O=C(c1ccn[nH]1)N1CCC2(CC(Oc3ncccn3)CO2)C1. The fourth-order valence-electron chi connectivity index (χ4n) is 3.22. The van der Waals surface area contributed by atoms with Gasteiger partial charge in [-0.3, -0.25) is 9.89 Å². The van der Waals surface area contributed by atoms with Crippen molar-refractivity contribution in [2.75, 3.05) is 19.7 Å². The fourth-order valence-corrected chi connectivity index (χ4v) is 3.22. The van der Waals surface area contributed by atoms with Gasteiger partial charge in [0.1, 0.15) is 11.8 Å². The van der Waals surface area contributed by atoms with E-state index in [9.17, 15) is 4.79 Å². The van der Waals surface area contributed by atoms with Gasteiger partial charge in [0.05, 0.1) is 18.8 Å². The highest BCUT2D eigenvalue weighted by Gasteiger charge is 2.48. The van der Waals surface area contributed by atoms with E-state index in [4.69, 9.17) is 9.47 Å². The lowest BCUT2D eigenvalue weighted by Crippen LogP contribution is -2.36. The monoisotopic (exact) mass is 315 g/mol. The molecule has 4 heterocycles. The summed E-state index contributed by atoms with van der Waals surface area (Å²) in [4.78, 5) is 22.3. The Morgan fingerprint density at radius 2 is 2.26 bits per heavy atom. The molecule has 2 fully saturated rings. The second-order valence-electron chi connectivity index (χ2n) is 5.92. The van der Waals surface area contributed by atoms with Crippen molar-refractivity contribution >= 4 is 5.91 Å². The van der Waals surface area contributed by atoms with Crippen molar-refractivity contribution in [1.82, 2.24) is 25.1 Å². The minimum Gasteiger partial charge on any atom is -0.458 e. The molecule has 1 N–H and O–H groups in total. The topological polar surface area (TPSA) is 93.2 Å². The summed E-state index contributed by atoms with van der Waals surface area (Å²) in [5.41, 5.74) is 0.181. The molecule has 2 aliphatic heterocycles. The van der Waals surface area contributed by atoms with Crippen LogP contribution in [0.1, 0.15) is 23.3 Å². The van der Waals surface area contributed by atoms with Crippen LogP contribution in [0.5, 0.6) is 6.01 Å². The van der Waals surface area contributed by atoms with Gasteiger partial charge in [-0.25, -0.2) is 9.97 Å². The Bertz CT molecular complexity index is 678. The normalized spacial score (nSPS) is 26.8. The van der Waals surface area contributed by atoms with Crippen molar-refractivity contribution < 1.29 is 14.3 Å². The first kappa shape index (κ1) is 14.1. The van der Waals surface area contributed by atoms with Crippen molar-refractivity contribution in [1.29, 1.82) is 0 Å². The summed E-state index contributed by atoms with van der Waals surface area (Å²) in [6.07, 6.45) is 6.33. The van der Waals surface area contributed by atoms with Crippen molar-refractivity contribution in [3.05, 3.63) is 36.4 Å². The summed E-state index contributed by atoms with van der Waals surface area (Å²) < 4.78 is 11.7. The summed E-state index contributed by atoms with van der Waals surface area (Å²) in [6.45, 7) is 1.73. The van der Waals surface area contributed by atoms with Crippen LogP contribution in [0.15, 0.2) is 30.7 Å². The molecule has 1 spiro atoms. The summed E-state index contributed by atoms with van der Waals surface area (Å²) in [6, 6.07) is 3.79. The lowest BCUT2D eigenvalue weighted by Gasteiger charge is -2.22. The van der Waals surface area contributed by atoms with E-state index in [0.717, 1.165) is 12.8 Å². The Morgan fingerprint density at radius 1 is 1.39 bits per heavy atom. The van der Waals surface area contributed by atoms with Gasteiger partial charge in [-0.05, 0) is 18.6 Å². The van der Waals surface area contributed by atoms with Crippen LogP contribution in [0.25, 0.3) is 0 Å². The number of amides is 1. The Kier molecular flexibility index (Phi) is 3.45. The molecule has 0 aromatic carbocycles. The zero-order chi connectivity index (χ0) is 15.7. The number of aromatic nitrogens is 4. The van der Waals surface area contributed by atoms with Gasteiger partial charge in [-0.1, -0.05) is 0 Å². The van der Waals surface area contributed by atoms with Gasteiger partial charge >= 0.3 is 6.01 Å². The maximum atomic E-state index is 12.4. The number of nitrogens with zero attached hydrogens (tertiary/aromatic N) is 4. The molecule has 2 aliphatic rings. The molecule has 23 heavy (non-hydrogen) atoms. The van der Waals surface area contributed by atoms with Crippen molar-refractivity contribution in [2.24, 2.45) is 0 Å². The maximum absolute atomic E-state index is 12.4. The van der Waals surface area contributed by atoms with Crippen LogP contribution < -0.4 is 4.74 Å². The van der Waals surface area contributed by atoms with Gasteiger partial charge in [0.15, 0.2) is 0 Å². The molecule has 8 heteroatoms. The van der Waals surface area contributed by atoms with Crippen LogP contribution in [0.4, 0.5) is 0 Å². The predicted molar refractivity (Wildman–Crippen MR) is 78.9 cm³/mol. The molecule has 0 saturated carbocycles. The maximum Gasteiger partial charge on any atom is 0.316 e. The van der Waals surface area contributed by atoms with Crippen LogP contribution in [0.3, 0.4) is 0 Å². The van der Waals surface area contributed by atoms with E-state index < -0.39 is 0 Å². The quantitative estimate of drug-likeness (QED) is 0.894. The van der Waals surface area contributed by atoms with Gasteiger partial charge < -0.3 is 14.4 Å². The minimum atomic E-state index is -0.324. The number of hydrogen-bond acceptors (Lipinski definition) is 6. The third kappa shape index (κ3) is 2.77. The highest BCUT2D eigenvalue weighted by atomic mass is 16.6. The molecule has 1 amide bonds. The smallest absolute Gasteiger partial charge is 0.316 e. The van der Waals surface area contributed by atoms with Crippen LogP contribution in [0.2, 0.25) is 0 Å². The van der Waals surface area contributed by atoms with Crippen molar-refractivity contribution in [3.63, 3.8) is 0 Å². The molecule has 0 radical (unpaired) electrons. The Labute approximate surface area is 132 Å². The van der Waals surface area contributed by atoms with E-state index in [0.29, 0.717) is 31.4 Å². The standard InChI is InChI=1S/C15H17N5O3/c21-13(12-2-6-18-19-12)20-7-3-15(10-20)8-11(9-22-15)23-14-16-4-1-5-17-14/h1-2,4-6,11H,3,7-10H2,(H,18,19). The number of H-pyrrole nitrogens is 1. The molecule has 0 bridgehead atoms. The van der Waals surface area contributed by atoms with E-state index in [2.05, 4.69) is 20.2 Å². The molecular formula is C15H17N5O3. The Hall–Kier alpha value is -2.48. The molecule has 2 saturated heterocycles. The molecule has 2 aromatic heterocycles. The summed E-state index contributed by atoms with van der Waals surface area (Å²) >= 11 is 0. The first-order chi connectivity index (χ1) is 11.2. The largest absolute Gasteiger partial charge is 0.458 e. The first-order valence-corrected chi connectivity index (χ1v) is 7.60.